The van der Waals surface area contributed by atoms with E-state index in [-0.39, 0.29) is 6.04 Å². The van der Waals surface area contributed by atoms with Crippen LogP contribution in [-0.4, -0.2) is 37.6 Å². The van der Waals surface area contributed by atoms with E-state index >= 15 is 0 Å². The molecule has 0 aliphatic carbocycles. The van der Waals surface area contributed by atoms with Crippen LogP contribution < -0.4 is 0 Å². The molecule has 4 rings (SSSR count). The summed E-state index contributed by atoms with van der Waals surface area (Å²) in [7, 11) is 0. The van der Waals surface area contributed by atoms with Gasteiger partial charge in [0.2, 0.25) is 6.41 Å². The van der Waals surface area contributed by atoms with Crippen LogP contribution in [0.3, 0.4) is 0 Å². The number of benzene rings is 1. The van der Waals surface area contributed by atoms with Crippen molar-refractivity contribution in [2.75, 3.05) is 6.54 Å². The molecule has 0 saturated heterocycles. The van der Waals surface area contributed by atoms with Crippen LogP contribution in [0.4, 0.5) is 0 Å². The number of aryl methyl sites for hydroxylation is 1. The van der Waals surface area contributed by atoms with Crippen LogP contribution in [0.15, 0.2) is 30.3 Å². The molecule has 1 unspecified atom stereocenters. The molecular formula is C17H17N5OS. The molecule has 1 atom stereocenters. The molecule has 1 aliphatic heterocycles. The standard InChI is InChI=1S/C17H17N5OS/c1-11-14(24-17(18-11)13-6-4-3-5-7-13)16-20-19-15-12(2)21(10-23)8-9-22(15)16/h3-7,10,12H,8-9H2,1-2H3. The number of hydrogen-bond acceptors (Lipinski definition) is 5. The highest BCUT2D eigenvalue weighted by atomic mass is 32.1. The zero-order valence-corrected chi connectivity index (χ0v) is 14.3. The van der Waals surface area contributed by atoms with E-state index in [0.717, 1.165) is 39.2 Å². The van der Waals surface area contributed by atoms with E-state index in [9.17, 15) is 4.79 Å². The fourth-order valence-corrected chi connectivity index (χ4v) is 4.09. The van der Waals surface area contributed by atoms with Gasteiger partial charge in [-0.25, -0.2) is 4.98 Å². The Hall–Kier alpha value is -2.54. The lowest BCUT2D eigenvalue weighted by atomic mass is 10.2. The van der Waals surface area contributed by atoms with Crippen molar-refractivity contribution < 1.29 is 4.79 Å². The minimum atomic E-state index is -0.0562. The summed E-state index contributed by atoms with van der Waals surface area (Å²) < 4.78 is 2.11. The number of nitrogens with zero attached hydrogens (tertiary/aromatic N) is 5. The van der Waals surface area contributed by atoms with Gasteiger partial charge >= 0.3 is 0 Å². The van der Waals surface area contributed by atoms with Crippen LogP contribution in [0.2, 0.25) is 0 Å². The minimum Gasteiger partial charge on any atom is -0.333 e. The van der Waals surface area contributed by atoms with E-state index in [4.69, 9.17) is 4.98 Å². The summed E-state index contributed by atoms with van der Waals surface area (Å²) in [4.78, 5) is 18.6. The molecule has 1 aliphatic rings. The summed E-state index contributed by atoms with van der Waals surface area (Å²) in [5.41, 5.74) is 2.07. The maximum Gasteiger partial charge on any atom is 0.210 e. The molecule has 1 aromatic carbocycles. The van der Waals surface area contributed by atoms with Crippen molar-refractivity contribution >= 4 is 17.7 Å². The van der Waals surface area contributed by atoms with E-state index in [1.54, 1.807) is 16.2 Å². The van der Waals surface area contributed by atoms with Crippen molar-refractivity contribution in [3.8, 4) is 21.3 Å². The van der Waals surface area contributed by atoms with E-state index in [1.165, 1.54) is 0 Å². The molecule has 0 spiro atoms. The Morgan fingerprint density at radius 1 is 1.21 bits per heavy atom. The topological polar surface area (TPSA) is 63.9 Å². The molecule has 3 heterocycles. The second-order valence-electron chi connectivity index (χ2n) is 5.85. The number of fused-ring (bicyclic) bond motifs is 1. The number of thiazole rings is 1. The maximum atomic E-state index is 11.1. The lowest BCUT2D eigenvalue weighted by molar-refractivity contribution is -0.121. The van der Waals surface area contributed by atoms with Crippen LogP contribution in [0, 0.1) is 6.92 Å². The Kier molecular flexibility index (Phi) is 3.65. The molecule has 1 amide bonds. The van der Waals surface area contributed by atoms with Gasteiger partial charge in [-0.3, -0.25) is 4.79 Å². The van der Waals surface area contributed by atoms with E-state index in [0.29, 0.717) is 13.1 Å². The molecule has 0 radical (unpaired) electrons. The molecule has 24 heavy (non-hydrogen) atoms. The average Bonchev–Trinajstić information content (AvgIpc) is 3.20. The normalized spacial score (nSPS) is 16.9. The van der Waals surface area contributed by atoms with Gasteiger partial charge in [-0.15, -0.1) is 21.5 Å². The lowest BCUT2D eigenvalue weighted by Gasteiger charge is -2.30. The first kappa shape index (κ1) is 15.0. The summed E-state index contributed by atoms with van der Waals surface area (Å²) >= 11 is 1.63. The molecule has 2 aromatic heterocycles. The molecule has 122 valence electrons. The summed E-state index contributed by atoms with van der Waals surface area (Å²) in [6.07, 6.45) is 0.883. The molecule has 3 aromatic rings. The highest BCUT2D eigenvalue weighted by molar-refractivity contribution is 7.18. The van der Waals surface area contributed by atoms with Gasteiger partial charge in [0.15, 0.2) is 11.6 Å². The van der Waals surface area contributed by atoms with Crippen LogP contribution in [0.1, 0.15) is 24.5 Å². The van der Waals surface area contributed by atoms with Crippen molar-refractivity contribution in [1.29, 1.82) is 0 Å². The summed E-state index contributed by atoms with van der Waals surface area (Å²) in [6, 6.07) is 10.1. The summed E-state index contributed by atoms with van der Waals surface area (Å²) in [5, 5.41) is 9.71. The third-order valence-corrected chi connectivity index (χ3v) is 5.59. The van der Waals surface area contributed by atoms with Crippen molar-refractivity contribution in [1.82, 2.24) is 24.6 Å². The Balaban J connectivity index is 1.76. The van der Waals surface area contributed by atoms with Crippen molar-refractivity contribution in [2.45, 2.75) is 26.4 Å². The van der Waals surface area contributed by atoms with Gasteiger partial charge in [-0.1, -0.05) is 30.3 Å². The molecule has 6 nitrogen and oxygen atoms in total. The Labute approximate surface area is 143 Å². The monoisotopic (exact) mass is 339 g/mol. The first-order valence-corrected chi connectivity index (χ1v) is 8.68. The Morgan fingerprint density at radius 3 is 2.75 bits per heavy atom. The van der Waals surface area contributed by atoms with Crippen molar-refractivity contribution in [3.05, 3.63) is 41.9 Å². The van der Waals surface area contributed by atoms with Gasteiger partial charge in [0, 0.05) is 18.7 Å². The third kappa shape index (κ3) is 2.32. The smallest absolute Gasteiger partial charge is 0.210 e. The number of carbonyl (C=O) groups excluding carboxylic acids is 1. The van der Waals surface area contributed by atoms with Crippen molar-refractivity contribution in [3.63, 3.8) is 0 Å². The molecule has 0 bridgehead atoms. The number of hydrogen-bond donors (Lipinski definition) is 0. The van der Waals surface area contributed by atoms with Crippen LogP contribution in [0.5, 0.6) is 0 Å². The number of amides is 1. The third-order valence-electron chi connectivity index (χ3n) is 4.39. The predicted octanol–water partition coefficient (Wildman–Crippen LogP) is 2.91. The second kappa shape index (κ2) is 5.83. The van der Waals surface area contributed by atoms with E-state index in [1.807, 2.05) is 32.0 Å². The predicted molar refractivity (Wildman–Crippen MR) is 92.5 cm³/mol. The summed E-state index contributed by atoms with van der Waals surface area (Å²) in [6.45, 7) is 5.36. The lowest BCUT2D eigenvalue weighted by Crippen LogP contribution is -2.36. The van der Waals surface area contributed by atoms with Crippen LogP contribution >= 0.6 is 11.3 Å². The molecule has 0 fully saturated rings. The van der Waals surface area contributed by atoms with Gasteiger partial charge in [0.05, 0.1) is 16.6 Å². The molecule has 7 heteroatoms. The fourth-order valence-electron chi connectivity index (χ4n) is 3.02. The van der Waals surface area contributed by atoms with Gasteiger partial charge in [-0.05, 0) is 13.8 Å². The average molecular weight is 339 g/mol. The SMILES string of the molecule is Cc1nc(-c2ccccc2)sc1-c1nnc2n1CCN(C=O)C2C. The van der Waals surface area contributed by atoms with E-state index < -0.39 is 0 Å². The quantitative estimate of drug-likeness (QED) is 0.688. The Morgan fingerprint density at radius 2 is 2.00 bits per heavy atom. The van der Waals surface area contributed by atoms with Crippen molar-refractivity contribution in [2.24, 2.45) is 0 Å². The van der Waals surface area contributed by atoms with Gasteiger partial charge < -0.3 is 9.47 Å². The minimum absolute atomic E-state index is 0.0562. The largest absolute Gasteiger partial charge is 0.333 e. The fraction of sp³-hybridized carbons (Fsp3) is 0.294. The Bertz CT molecular complexity index is 886. The van der Waals surface area contributed by atoms with E-state index in [2.05, 4.69) is 26.9 Å². The maximum absolute atomic E-state index is 11.1. The van der Waals surface area contributed by atoms with Crippen LogP contribution in [-0.2, 0) is 11.3 Å². The first-order chi connectivity index (χ1) is 11.7. The molecule has 0 N–H and O–H groups in total. The zero-order valence-electron chi connectivity index (χ0n) is 13.5. The zero-order chi connectivity index (χ0) is 16.7. The number of rotatable bonds is 3. The second-order valence-corrected chi connectivity index (χ2v) is 6.85. The number of aromatic nitrogens is 4. The summed E-state index contributed by atoms with van der Waals surface area (Å²) in [5.74, 6) is 1.68. The molecule has 0 saturated carbocycles. The number of carbonyl (C=O) groups is 1. The molecular weight excluding hydrogens is 322 g/mol. The van der Waals surface area contributed by atoms with Crippen LogP contribution in [0.25, 0.3) is 21.3 Å². The highest BCUT2D eigenvalue weighted by Gasteiger charge is 2.29. The first-order valence-electron chi connectivity index (χ1n) is 7.86. The highest BCUT2D eigenvalue weighted by Crippen LogP contribution is 2.36. The van der Waals surface area contributed by atoms with Gasteiger partial charge in [0.25, 0.3) is 0 Å². The van der Waals surface area contributed by atoms with Gasteiger partial charge in [0.1, 0.15) is 5.01 Å². The van der Waals surface area contributed by atoms with Gasteiger partial charge in [-0.2, -0.15) is 0 Å².